The number of nitrogens with zero attached hydrogens (tertiary/aromatic N) is 6. The average molecular weight is 581 g/mol. The van der Waals surface area contributed by atoms with Crippen molar-refractivity contribution in [2.75, 3.05) is 7.11 Å². The normalized spacial score (nSPS) is 11.2. The lowest BCUT2D eigenvalue weighted by Crippen LogP contribution is -2.26. The smallest absolute Gasteiger partial charge is 0.311 e. The molecular weight excluding hydrogens is 544 g/mol. The van der Waals surface area contributed by atoms with Gasteiger partial charge in [-0.3, -0.25) is 14.2 Å². The van der Waals surface area contributed by atoms with Crippen LogP contribution in [-0.2, 0) is 29.2 Å². The third kappa shape index (κ3) is 6.86. The summed E-state index contributed by atoms with van der Waals surface area (Å²) in [7, 11) is 1.60. The van der Waals surface area contributed by atoms with Crippen LogP contribution in [0.1, 0.15) is 57.3 Å². The van der Waals surface area contributed by atoms with Crippen LogP contribution in [0.4, 0.5) is 0 Å². The molecule has 0 atom stereocenters. The van der Waals surface area contributed by atoms with Crippen molar-refractivity contribution < 1.29 is 14.3 Å². The van der Waals surface area contributed by atoms with Crippen molar-refractivity contribution in [3.05, 3.63) is 88.5 Å². The number of unbranched alkanes of at least 4 members (excludes halogenated alkanes) is 2. The van der Waals surface area contributed by atoms with Crippen molar-refractivity contribution in [2.45, 2.75) is 65.6 Å². The van der Waals surface area contributed by atoms with Gasteiger partial charge >= 0.3 is 5.97 Å². The molecule has 0 saturated carbocycles. The lowest BCUT2D eigenvalue weighted by atomic mass is 9.98. The zero-order valence-electron chi connectivity index (χ0n) is 24.8. The second-order valence-electron chi connectivity index (χ2n) is 10.4. The predicted molar refractivity (Wildman–Crippen MR) is 165 cm³/mol. The van der Waals surface area contributed by atoms with Crippen molar-refractivity contribution in [3.8, 4) is 28.3 Å². The number of hydrogen-bond donors (Lipinski definition) is 0. The highest BCUT2D eigenvalue weighted by atomic mass is 16.5. The van der Waals surface area contributed by atoms with Gasteiger partial charge in [-0.2, -0.15) is 4.68 Å². The summed E-state index contributed by atoms with van der Waals surface area (Å²) in [6, 6.07) is 21.2. The Morgan fingerprint density at radius 3 is 2.44 bits per heavy atom. The van der Waals surface area contributed by atoms with Gasteiger partial charge in [0, 0.05) is 25.5 Å². The predicted octanol–water partition coefficient (Wildman–Crippen LogP) is 5.81. The number of esters is 1. The number of carbonyl (C=O) groups is 1. The Kier molecular flexibility index (Phi) is 9.68. The minimum absolute atomic E-state index is 0.151. The molecule has 2 heterocycles. The summed E-state index contributed by atoms with van der Waals surface area (Å²) in [4.78, 5) is 30.9. The Balaban J connectivity index is 1.46. The maximum absolute atomic E-state index is 13.8. The Bertz CT molecular complexity index is 1760. The highest BCUT2D eigenvalue weighted by Crippen LogP contribution is 2.31. The summed E-state index contributed by atoms with van der Waals surface area (Å²) >= 11 is 0. The van der Waals surface area contributed by atoms with Gasteiger partial charge in [0.1, 0.15) is 18.3 Å². The van der Waals surface area contributed by atoms with E-state index in [1.165, 1.54) is 0 Å². The Labute approximate surface area is 250 Å². The standard InChI is InChI=1S/C33H36N6O4/c1-4-6-12-30-34-29-19-18-25(43-31(40)13-7-5-2)20-28(29)33(41)38(30)21-23-14-16-24(17-15-23)26-10-8-9-11-27(26)32-35-36-37-39(32)22-42-3/h8-11,14-20H,4-7,12-13,21-22H2,1-3H3. The molecule has 5 aromatic rings. The number of aromatic nitrogens is 6. The van der Waals surface area contributed by atoms with Gasteiger partial charge in [-0.15, -0.1) is 5.10 Å². The van der Waals surface area contributed by atoms with Gasteiger partial charge in [-0.1, -0.05) is 75.2 Å². The van der Waals surface area contributed by atoms with Crippen LogP contribution < -0.4 is 10.3 Å². The fourth-order valence-corrected chi connectivity index (χ4v) is 5.01. The van der Waals surface area contributed by atoms with Crippen LogP contribution in [0.2, 0.25) is 0 Å². The van der Waals surface area contributed by atoms with E-state index in [1.807, 2.05) is 55.5 Å². The van der Waals surface area contributed by atoms with Crippen LogP contribution in [0.3, 0.4) is 0 Å². The first-order valence-corrected chi connectivity index (χ1v) is 14.7. The third-order valence-electron chi connectivity index (χ3n) is 7.28. The highest BCUT2D eigenvalue weighted by molar-refractivity contribution is 5.82. The zero-order valence-corrected chi connectivity index (χ0v) is 24.8. The molecule has 0 fully saturated rings. The molecule has 0 aliphatic heterocycles. The summed E-state index contributed by atoms with van der Waals surface area (Å²) in [5, 5.41) is 12.5. The molecule has 3 aromatic carbocycles. The van der Waals surface area contributed by atoms with E-state index in [-0.39, 0.29) is 18.3 Å². The van der Waals surface area contributed by atoms with Gasteiger partial charge in [0.05, 0.1) is 17.4 Å². The molecule has 0 unspecified atom stereocenters. The average Bonchev–Trinajstić information content (AvgIpc) is 3.49. The first kappa shape index (κ1) is 29.8. The van der Waals surface area contributed by atoms with Crippen molar-refractivity contribution >= 4 is 16.9 Å². The first-order chi connectivity index (χ1) is 21.0. The summed E-state index contributed by atoms with van der Waals surface area (Å²) in [6.07, 6.45) is 4.61. The molecule has 0 aliphatic rings. The van der Waals surface area contributed by atoms with Crippen LogP contribution >= 0.6 is 0 Å². The summed E-state index contributed by atoms with van der Waals surface area (Å²) < 4.78 is 14.1. The van der Waals surface area contributed by atoms with Crippen LogP contribution in [0.25, 0.3) is 33.4 Å². The fraction of sp³-hybridized carbons (Fsp3) is 0.333. The first-order valence-electron chi connectivity index (χ1n) is 14.7. The lowest BCUT2D eigenvalue weighted by molar-refractivity contribution is -0.134. The quantitative estimate of drug-likeness (QED) is 0.127. The van der Waals surface area contributed by atoms with Gasteiger partial charge in [-0.05, 0) is 58.2 Å². The number of ether oxygens (including phenoxy) is 2. The minimum Gasteiger partial charge on any atom is -0.427 e. The Hall–Kier alpha value is -4.70. The topological polar surface area (TPSA) is 114 Å². The molecule has 0 saturated heterocycles. The van der Waals surface area contributed by atoms with E-state index in [1.54, 1.807) is 34.6 Å². The van der Waals surface area contributed by atoms with Crippen molar-refractivity contribution in [1.29, 1.82) is 0 Å². The highest BCUT2D eigenvalue weighted by Gasteiger charge is 2.16. The van der Waals surface area contributed by atoms with E-state index in [0.717, 1.165) is 53.8 Å². The van der Waals surface area contributed by atoms with E-state index < -0.39 is 0 Å². The van der Waals surface area contributed by atoms with E-state index >= 15 is 0 Å². The SMILES string of the molecule is CCCCC(=O)Oc1ccc2nc(CCCC)n(Cc3ccc(-c4ccccc4-c4nnnn4COC)cc3)c(=O)c2c1. The summed E-state index contributed by atoms with van der Waals surface area (Å²) in [6.45, 7) is 4.76. The number of methoxy groups -OCH3 is 1. The van der Waals surface area contributed by atoms with Crippen LogP contribution in [0.15, 0.2) is 71.5 Å². The maximum Gasteiger partial charge on any atom is 0.311 e. The maximum atomic E-state index is 13.8. The Morgan fingerprint density at radius 1 is 0.930 bits per heavy atom. The van der Waals surface area contributed by atoms with Crippen molar-refractivity contribution in [3.63, 3.8) is 0 Å². The molecule has 0 N–H and O–H groups in total. The molecule has 0 aliphatic carbocycles. The molecule has 222 valence electrons. The van der Waals surface area contributed by atoms with Crippen LogP contribution in [0, 0.1) is 0 Å². The van der Waals surface area contributed by atoms with Crippen LogP contribution in [-0.4, -0.2) is 42.8 Å². The molecule has 10 nitrogen and oxygen atoms in total. The second kappa shape index (κ2) is 14.0. The number of carbonyl (C=O) groups excluding carboxylic acids is 1. The molecule has 43 heavy (non-hydrogen) atoms. The summed E-state index contributed by atoms with van der Waals surface area (Å²) in [5.74, 6) is 1.42. The molecule has 10 heteroatoms. The van der Waals surface area contributed by atoms with E-state index in [0.29, 0.717) is 41.9 Å². The number of aryl methyl sites for hydroxylation is 1. The number of benzene rings is 3. The molecule has 0 bridgehead atoms. The van der Waals surface area contributed by atoms with Gasteiger partial charge in [0.15, 0.2) is 5.82 Å². The minimum atomic E-state index is -0.300. The van der Waals surface area contributed by atoms with Crippen LogP contribution in [0.5, 0.6) is 5.75 Å². The number of tetrazole rings is 1. The Morgan fingerprint density at radius 2 is 1.70 bits per heavy atom. The molecular formula is C33H36N6O4. The molecule has 2 aromatic heterocycles. The van der Waals surface area contributed by atoms with E-state index in [9.17, 15) is 9.59 Å². The third-order valence-corrected chi connectivity index (χ3v) is 7.28. The van der Waals surface area contributed by atoms with Gasteiger partial charge < -0.3 is 9.47 Å². The molecule has 0 spiro atoms. The molecule has 0 amide bonds. The van der Waals surface area contributed by atoms with E-state index in [4.69, 9.17) is 14.5 Å². The van der Waals surface area contributed by atoms with Gasteiger partial charge in [0.25, 0.3) is 5.56 Å². The second-order valence-corrected chi connectivity index (χ2v) is 10.4. The van der Waals surface area contributed by atoms with Gasteiger partial charge in [-0.25, -0.2) is 4.98 Å². The largest absolute Gasteiger partial charge is 0.427 e. The van der Waals surface area contributed by atoms with Gasteiger partial charge in [0.2, 0.25) is 0 Å². The molecule has 0 radical (unpaired) electrons. The fourth-order valence-electron chi connectivity index (χ4n) is 5.01. The monoisotopic (exact) mass is 580 g/mol. The number of fused-ring (bicyclic) bond motifs is 1. The zero-order chi connectivity index (χ0) is 30.2. The molecule has 5 rings (SSSR count). The number of hydrogen-bond acceptors (Lipinski definition) is 8. The van der Waals surface area contributed by atoms with E-state index in [2.05, 4.69) is 22.4 Å². The number of rotatable bonds is 13. The van der Waals surface area contributed by atoms with Crippen molar-refractivity contribution in [2.24, 2.45) is 0 Å². The van der Waals surface area contributed by atoms with Crippen molar-refractivity contribution in [1.82, 2.24) is 29.8 Å². The lowest BCUT2D eigenvalue weighted by Gasteiger charge is -2.15. The summed E-state index contributed by atoms with van der Waals surface area (Å²) in [5.41, 5.74) is 4.28.